The van der Waals surface area contributed by atoms with Crippen LogP contribution in [-0.2, 0) is 5.60 Å². The van der Waals surface area contributed by atoms with Gasteiger partial charge < -0.3 is 23.3 Å². The fraction of sp³-hybridized carbons (Fsp3) is 0.333. The summed E-state index contributed by atoms with van der Waals surface area (Å²) in [7, 11) is 0. The molecule has 18 heavy (non-hydrogen) atoms. The second-order valence-electron chi connectivity index (χ2n) is 2.93. The molecule has 0 saturated heterocycles. The average molecular weight is 256 g/mol. The number of hydrogen-bond acceptors (Lipinski definition) is 1. The van der Waals surface area contributed by atoms with E-state index in [0.717, 1.165) is 6.07 Å². The molecule has 0 spiro atoms. The van der Waals surface area contributed by atoms with Gasteiger partial charge in [0.25, 0.3) is 0 Å². The molecule has 1 aromatic rings. The predicted octanol–water partition coefficient (Wildman–Crippen LogP) is -3.39. The van der Waals surface area contributed by atoms with Gasteiger partial charge in [0, 0.05) is 0 Å². The summed E-state index contributed by atoms with van der Waals surface area (Å²) in [6.45, 7) is 0. The van der Waals surface area contributed by atoms with E-state index in [1.54, 1.807) is 0 Å². The molecule has 1 rings (SSSR count). The van der Waals surface area contributed by atoms with E-state index in [-0.39, 0.29) is 37.7 Å². The van der Waals surface area contributed by atoms with E-state index in [4.69, 9.17) is 5.11 Å². The van der Waals surface area contributed by atoms with Crippen LogP contribution in [0.25, 0.3) is 0 Å². The maximum atomic E-state index is 12.3. The van der Waals surface area contributed by atoms with Gasteiger partial charge in [0.05, 0.1) is 0 Å². The van der Waals surface area contributed by atoms with Gasteiger partial charge in [0.1, 0.15) is 0 Å². The second-order valence-corrected chi connectivity index (χ2v) is 2.93. The monoisotopic (exact) mass is 256 g/mol. The molecule has 1 nitrogen and oxygen atoms in total. The van der Waals surface area contributed by atoms with Gasteiger partial charge >= 0.3 is 50.1 Å². The molecule has 9 heteroatoms. The summed E-state index contributed by atoms with van der Waals surface area (Å²) in [6, 6.07) is 5.82. The maximum absolute atomic E-state index is 12.3. The number of hydrogen-bond donors (Lipinski definition) is 1. The van der Waals surface area contributed by atoms with Crippen LogP contribution in [0.5, 0.6) is 0 Å². The minimum Gasteiger partial charge on any atom is -0.391 e. The Balaban J connectivity index is 0. The summed E-state index contributed by atoms with van der Waals surface area (Å²) < 4.78 is 73.7. The molecule has 0 unspecified atom stereocenters. The molecule has 0 amide bonds. The fourth-order valence-electron chi connectivity index (χ4n) is 1.05. The van der Waals surface area contributed by atoms with Crippen LogP contribution in [-0.4, -0.2) is 17.5 Å². The van der Waals surface area contributed by atoms with Gasteiger partial charge in [-0.15, -0.1) is 0 Å². The Kier molecular flexibility index (Phi) is 7.22. The molecule has 0 aliphatic heterocycles. The van der Waals surface area contributed by atoms with Crippen molar-refractivity contribution in [2.45, 2.75) is 18.0 Å². The molecule has 90 valence electrons. The molecule has 0 aliphatic carbocycles. The smallest absolute Gasteiger partial charge is 0.391 e. The Hall–Kier alpha value is -0.0452. The van der Waals surface area contributed by atoms with E-state index >= 15 is 0 Å². The average Bonchev–Trinajstić information content (AvgIpc) is 2.14. The van der Waals surface area contributed by atoms with Crippen molar-refractivity contribution in [3.05, 3.63) is 35.9 Å². The second kappa shape index (κ2) is 6.41. The molecular formula is C9H4F6Li2O. The molecule has 1 N–H and O–H groups in total. The van der Waals surface area contributed by atoms with Crippen molar-refractivity contribution in [3.63, 3.8) is 0 Å². The summed E-state index contributed by atoms with van der Waals surface area (Å²) in [4.78, 5) is 0. The van der Waals surface area contributed by atoms with Crippen molar-refractivity contribution in [1.29, 1.82) is 0 Å². The molecule has 0 aliphatic rings. The largest absolute Gasteiger partial charge is 1.00 e. The molecule has 0 radical (unpaired) electrons. The van der Waals surface area contributed by atoms with Crippen molar-refractivity contribution in [2.75, 3.05) is 0 Å². The van der Waals surface area contributed by atoms with E-state index in [1.807, 2.05) is 12.1 Å². The van der Waals surface area contributed by atoms with E-state index in [2.05, 4.69) is 0 Å². The van der Waals surface area contributed by atoms with Crippen LogP contribution in [0.3, 0.4) is 0 Å². The minimum absolute atomic E-state index is 0. The first kappa shape index (κ1) is 20.3. The first-order valence-corrected chi connectivity index (χ1v) is 3.84. The van der Waals surface area contributed by atoms with Crippen LogP contribution < -0.4 is 37.7 Å². The third-order valence-corrected chi connectivity index (χ3v) is 1.88. The van der Waals surface area contributed by atoms with Crippen LogP contribution in [0.1, 0.15) is 5.56 Å². The van der Waals surface area contributed by atoms with Crippen LogP contribution in [0.4, 0.5) is 26.3 Å². The molecule has 0 bridgehead atoms. The molecule has 0 aromatic heterocycles. The van der Waals surface area contributed by atoms with E-state index in [0.29, 0.717) is 12.1 Å². The standard InChI is InChI=1S/C9H4F6O.2Li/c10-8(11,12)7(16,9(13,14)15)6-4-2-1-3-5-6;;/h1,4-5,16H;;/q-2;2*+1. The molecule has 0 saturated carbocycles. The third kappa shape index (κ3) is 3.49. The normalized spacial score (nSPS) is 12.4. The number of alkyl halides is 6. The summed E-state index contributed by atoms with van der Waals surface area (Å²) in [5.74, 6) is 0. The zero-order chi connectivity index (χ0) is 12.6. The number of rotatable bonds is 1. The van der Waals surface area contributed by atoms with Crippen molar-refractivity contribution < 1.29 is 69.2 Å². The fourth-order valence-corrected chi connectivity index (χ4v) is 1.05. The Morgan fingerprint density at radius 1 is 0.833 bits per heavy atom. The maximum Gasteiger partial charge on any atom is 1.00 e. The van der Waals surface area contributed by atoms with Gasteiger partial charge in [-0.3, -0.25) is 12.1 Å². The quantitative estimate of drug-likeness (QED) is 0.315. The Morgan fingerprint density at radius 2 is 1.17 bits per heavy atom. The summed E-state index contributed by atoms with van der Waals surface area (Å²) >= 11 is 0. The van der Waals surface area contributed by atoms with Crippen molar-refractivity contribution >= 4 is 0 Å². The molecule has 1 aromatic carbocycles. The molecule has 0 atom stereocenters. The van der Waals surface area contributed by atoms with Crippen LogP contribution in [0.2, 0.25) is 0 Å². The van der Waals surface area contributed by atoms with Gasteiger partial charge in [-0.25, -0.2) is 5.56 Å². The first-order valence-electron chi connectivity index (χ1n) is 3.84. The van der Waals surface area contributed by atoms with Crippen LogP contribution >= 0.6 is 0 Å². The first-order chi connectivity index (χ1) is 7.11. The zero-order valence-corrected chi connectivity index (χ0v) is 9.45. The number of benzene rings is 1. The van der Waals surface area contributed by atoms with Crippen molar-refractivity contribution in [1.82, 2.24) is 0 Å². The van der Waals surface area contributed by atoms with Crippen LogP contribution in [0.15, 0.2) is 18.2 Å². The number of halogens is 6. The van der Waals surface area contributed by atoms with E-state index in [9.17, 15) is 26.3 Å². The Labute approximate surface area is 123 Å². The van der Waals surface area contributed by atoms with E-state index in [1.165, 1.54) is 0 Å². The van der Waals surface area contributed by atoms with E-state index < -0.39 is 23.5 Å². The zero-order valence-electron chi connectivity index (χ0n) is 9.45. The third-order valence-electron chi connectivity index (χ3n) is 1.88. The SMILES string of the molecule is OC(c1c[c-]c[c-]c1)(C(F)(F)F)C(F)(F)F.[Li+].[Li+]. The Morgan fingerprint density at radius 3 is 1.44 bits per heavy atom. The van der Waals surface area contributed by atoms with Crippen LogP contribution in [0, 0.1) is 12.1 Å². The topological polar surface area (TPSA) is 20.2 Å². The van der Waals surface area contributed by atoms with Crippen molar-refractivity contribution in [2.24, 2.45) is 0 Å². The van der Waals surface area contributed by atoms with Gasteiger partial charge in [-0.2, -0.15) is 26.3 Å². The number of aliphatic hydroxyl groups is 1. The summed E-state index contributed by atoms with van der Waals surface area (Å²) in [6.07, 6.45) is -11.7. The van der Waals surface area contributed by atoms with Crippen molar-refractivity contribution in [3.8, 4) is 0 Å². The molecular weight excluding hydrogens is 252 g/mol. The van der Waals surface area contributed by atoms with Gasteiger partial charge in [-0.1, -0.05) is 0 Å². The molecule has 0 heterocycles. The Bertz CT molecular complexity index is 348. The summed E-state index contributed by atoms with van der Waals surface area (Å²) in [5.41, 5.74) is -6.26. The molecule has 0 fully saturated rings. The predicted molar refractivity (Wildman–Crippen MR) is 40.1 cm³/mol. The minimum atomic E-state index is -5.87. The van der Waals surface area contributed by atoms with Gasteiger partial charge in [0.15, 0.2) is 5.60 Å². The van der Waals surface area contributed by atoms with Gasteiger partial charge in [0.2, 0.25) is 0 Å². The van der Waals surface area contributed by atoms with Gasteiger partial charge in [-0.05, 0) is 0 Å². The summed E-state index contributed by atoms with van der Waals surface area (Å²) in [5, 5.41) is 8.87.